The van der Waals surface area contributed by atoms with E-state index in [1.54, 1.807) is 0 Å². The molecule has 0 radical (unpaired) electrons. The third-order valence-corrected chi connectivity index (χ3v) is 1.96. The molecule has 0 aromatic heterocycles. The van der Waals surface area contributed by atoms with Crippen molar-refractivity contribution in [3.05, 3.63) is 34.6 Å². The van der Waals surface area contributed by atoms with E-state index in [1.165, 1.54) is 18.2 Å². The fourth-order valence-corrected chi connectivity index (χ4v) is 1.10. The van der Waals surface area contributed by atoms with Crippen LogP contribution in [0, 0.1) is 5.82 Å². The van der Waals surface area contributed by atoms with Gasteiger partial charge in [0.2, 0.25) is 0 Å². The van der Waals surface area contributed by atoms with E-state index in [1.807, 2.05) is 0 Å². The van der Waals surface area contributed by atoms with E-state index in [-0.39, 0.29) is 23.7 Å². The third-order valence-electron chi connectivity index (χ3n) is 1.61. The van der Waals surface area contributed by atoms with Gasteiger partial charge in [-0.05, 0) is 12.1 Å². The molecule has 3 nitrogen and oxygen atoms in total. The predicted octanol–water partition coefficient (Wildman–Crippen LogP) is 1.48. The van der Waals surface area contributed by atoms with Crippen molar-refractivity contribution >= 4 is 17.6 Å². The minimum atomic E-state index is -0.593. The second-order valence-electron chi connectivity index (χ2n) is 2.57. The van der Waals surface area contributed by atoms with Gasteiger partial charge in [-0.25, -0.2) is 4.39 Å². The number of esters is 1. The summed E-state index contributed by atoms with van der Waals surface area (Å²) in [5.41, 5.74) is 5.17. The number of hydrogen-bond donors (Lipinski definition) is 1. The summed E-state index contributed by atoms with van der Waals surface area (Å²) >= 11 is 5.69. The van der Waals surface area contributed by atoms with Crippen molar-refractivity contribution in [2.45, 2.75) is 6.61 Å². The molecule has 0 unspecified atom stereocenters. The zero-order chi connectivity index (χ0) is 10.6. The van der Waals surface area contributed by atoms with Crippen molar-refractivity contribution in [3.63, 3.8) is 0 Å². The Kier molecular flexibility index (Phi) is 3.85. The Hall–Kier alpha value is -1.13. The zero-order valence-electron chi connectivity index (χ0n) is 7.30. The van der Waals surface area contributed by atoms with Gasteiger partial charge in [-0.2, -0.15) is 0 Å². The summed E-state index contributed by atoms with van der Waals surface area (Å²) < 4.78 is 17.7. The molecule has 2 N–H and O–H groups in total. The van der Waals surface area contributed by atoms with E-state index in [4.69, 9.17) is 17.3 Å². The molecular weight excluding hydrogens is 209 g/mol. The maximum Gasteiger partial charge on any atom is 0.320 e. The van der Waals surface area contributed by atoms with Crippen molar-refractivity contribution in [3.8, 4) is 0 Å². The molecule has 1 aromatic carbocycles. The number of rotatable bonds is 3. The summed E-state index contributed by atoms with van der Waals surface area (Å²) in [5.74, 6) is -1.09. The largest absolute Gasteiger partial charge is 0.460 e. The lowest BCUT2D eigenvalue weighted by Gasteiger charge is -2.06. The maximum absolute atomic E-state index is 13.1. The molecule has 1 rings (SSSR count). The fraction of sp³-hybridized carbons (Fsp3) is 0.222. The van der Waals surface area contributed by atoms with E-state index in [0.717, 1.165) is 0 Å². The topological polar surface area (TPSA) is 52.3 Å². The van der Waals surface area contributed by atoms with Crippen LogP contribution in [0.15, 0.2) is 18.2 Å². The van der Waals surface area contributed by atoms with Gasteiger partial charge in [0.1, 0.15) is 12.4 Å². The number of halogens is 2. The molecule has 0 amide bonds. The van der Waals surface area contributed by atoms with E-state index in [2.05, 4.69) is 4.74 Å². The average molecular weight is 218 g/mol. The Morgan fingerprint density at radius 2 is 2.29 bits per heavy atom. The lowest BCUT2D eigenvalue weighted by atomic mass is 10.2. The molecule has 0 aliphatic rings. The molecule has 0 fully saturated rings. The normalized spacial score (nSPS) is 9.93. The van der Waals surface area contributed by atoms with Gasteiger partial charge in [0.15, 0.2) is 0 Å². The highest BCUT2D eigenvalue weighted by atomic mass is 35.5. The van der Waals surface area contributed by atoms with Crippen molar-refractivity contribution in [2.24, 2.45) is 5.73 Å². The van der Waals surface area contributed by atoms with Crippen LogP contribution in [0.5, 0.6) is 0 Å². The molecule has 5 heteroatoms. The second-order valence-corrected chi connectivity index (χ2v) is 2.97. The van der Waals surface area contributed by atoms with E-state index in [0.29, 0.717) is 0 Å². The van der Waals surface area contributed by atoms with Gasteiger partial charge in [-0.1, -0.05) is 17.7 Å². The zero-order valence-corrected chi connectivity index (χ0v) is 8.05. The van der Waals surface area contributed by atoms with Gasteiger partial charge in [0.05, 0.1) is 11.6 Å². The quantitative estimate of drug-likeness (QED) is 0.781. The molecule has 1 aromatic rings. The SMILES string of the molecule is NCC(=O)OCc1c(F)cccc1Cl. The van der Waals surface area contributed by atoms with Crippen LogP contribution in [0.3, 0.4) is 0 Å². The smallest absolute Gasteiger partial charge is 0.320 e. The standard InChI is InChI=1S/C9H9ClFNO2/c10-7-2-1-3-8(11)6(7)5-14-9(13)4-12/h1-3H,4-5,12H2. The summed E-state index contributed by atoms with van der Waals surface area (Å²) in [5, 5.41) is 0.231. The van der Waals surface area contributed by atoms with Gasteiger partial charge in [0.25, 0.3) is 0 Å². The van der Waals surface area contributed by atoms with Gasteiger partial charge in [0, 0.05) is 5.56 Å². The van der Waals surface area contributed by atoms with Gasteiger partial charge >= 0.3 is 5.97 Å². The molecule has 0 saturated heterocycles. The number of carbonyl (C=O) groups is 1. The molecule has 0 aliphatic carbocycles. The first-order chi connectivity index (χ1) is 6.65. The highest BCUT2D eigenvalue weighted by molar-refractivity contribution is 6.31. The molecule has 0 heterocycles. The van der Waals surface area contributed by atoms with Crippen LogP contribution in [0.4, 0.5) is 4.39 Å². The van der Waals surface area contributed by atoms with E-state index in [9.17, 15) is 9.18 Å². The number of benzene rings is 1. The summed E-state index contributed by atoms with van der Waals surface area (Å²) in [6.07, 6.45) is 0. The Morgan fingerprint density at radius 3 is 2.86 bits per heavy atom. The fourth-order valence-electron chi connectivity index (χ4n) is 0.882. The Bertz CT molecular complexity index is 323. The molecule has 0 spiro atoms. The monoisotopic (exact) mass is 217 g/mol. The first kappa shape index (κ1) is 10.9. The Balaban J connectivity index is 2.71. The molecule has 0 saturated carbocycles. The minimum Gasteiger partial charge on any atom is -0.460 e. The lowest BCUT2D eigenvalue weighted by molar-refractivity contribution is -0.143. The first-order valence-electron chi connectivity index (χ1n) is 3.93. The Morgan fingerprint density at radius 1 is 1.57 bits per heavy atom. The maximum atomic E-state index is 13.1. The summed E-state index contributed by atoms with van der Waals surface area (Å²) in [7, 11) is 0. The van der Waals surface area contributed by atoms with Crippen LogP contribution in [0.1, 0.15) is 5.56 Å². The number of hydrogen-bond acceptors (Lipinski definition) is 3. The van der Waals surface area contributed by atoms with Crippen LogP contribution < -0.4 is 5.73 Å². The molecule has 76 valence electrons. The third kappa shape index (κ3) is 2.68. The summed E-state index contributed by atoms with van der Waals surface area (Å²) in [4.78, 5) is 10.7. The van der Waals surface area contributed by atoms with E-state index < -0.39 is 11.8 Å². The Labute approximate surface area is 85.6 Å². The van der Waals surface area contributed by atoms with Crippen molar-refractivity contribution in [1.82, 2.24) is 0 Å². The van der Waals surface area contributed by atoms with Crippen molar-refractivity contribution in [1.29, 1.82) is 0 Å². The average Bonchev–Trinajstić information content (AvgIpc) is 2.16. The lowest BCUT2D eigenvalue weighted by Crippen LogP contribution is -2.16. The van der Waals surface area contributed by atoms with Crippen LogP contribution in [0.25, 0.3) is 0 Å². The van der Waals surface area contributed by atoms with Crippen molar-refractivity contribution < 1.29 is 13.9 Å². The number of ether oxygens (including phenoxy) is 1. The van der Waals surface area contributed by atoms with Crippen molar-refractivity contribution in [2.75, 3.05) is 6.54 Å². The number of carbonyl (C=O) groups excluding carboxylic acids is 1. The van der Waals surface area contributed by atoms with Crippen LogP contribution in [-0.2, 0) is 16.1 Å². The highest BCUT2D eigenvalue weighted by Crippen LogP contribution is 2.19. The van der Waals surface area contributed by atoms with Crippen LogP contribution in [0.2, 0.25) is 5.02 Å². The summed E-state index contributed by atoms with van der Waals surface area (Å²) in [6, 6.07) is 4.25. The molecule has 0 aliphatic heterocycles. The van der Waals surface area contributed by atoms with Crippen LogP contribution >= 0.6 is 11.6 Å². The van der Waals surface area contributed by atoms with Gasteiger partial charge < -0.3 is 10.5 Å². The van der Waals surface area contributed by atoms with E-state index >= 15 is 0 Å². The molecule has 0 bridgehead atoms. The predicted molar refractivity (Wildman–Crippen MR) is 50.3 cm³/mol. The molecular formula is C9H9ClFNO2. The van der Waals surface area contributed by atoms with Gasteiger partial charge in [-0.15, -0.1) is 0 Å². The molecule has 0 atom stereocenters. The minimum absolute atomic E-state index is 0.163. The van der Waals surface area contributed by atoms with Gasteiger partial charge in [-0.3, -0.25) is 4.79 Å². The van der Waals surface area contributed by atoms with Crippen LogP contribution in [-0.4, -0.2) is 12.5 Å². The first-order valence-corrected chi connectivity index (χ1v) is 4.31. The highest BCUT2D eigenvalue weighted by Gasteiger charge is 2.08. The number of nitrogens with two attached hydrogens (primary N) is 1. The summed E-state index contributed by atoms with van der Waals surface area (Å²) in [6.45, 7) is -0.423. The second kappa shape index (κ2) is 4.93. The molecule has 14 heavy (non-hydrogen) atoms.